The Balaban J connectivity index is 1.61. The molecule has 0 aliphatic heterocycles. The van der Waals surface area contributed by atoms with Gasteiger partial charge in [-0.15, -0.1) is 11.3 Å². The number of amides is 1. The predicted molar refractivity (Wildman–Crippen MR) is 103 cm³/mol. The van der Waals surface area contributed by atoms with Crippen molar-refractivity contribution in [2.24, 2.45) is 0 Å². The van der Waals surface area contributed by atoms with E-state index < -0.39 is 0 Å². The van der Waals surface area contributed by atoms with Crippen LogP contribution in [-0.4, -0.2) is 22.4 Å². The van der Waals surface area contributed by atoms with Crippen molar-refractivity contribution in [2.75, 3.05) is 6.54 Å². The van der Waals surface area contributed by atoms with Crippen LogP contribution in [0.15, 0.2) is 42.7 Å². The second-order valence-corrected chi connectivity index (χ2v) is 7.30. The molecule has 3 aromatic rings. The molecule has 0 bridgehead atoms. The Morgan fingerprint density at radius 1 is 1.16 bits per heavy atom. The highest BCUT2D eigenvalue weighted by Crippen LogP contribution is 2.27. The number of benzene rings is 1. The molecule has 0 saturated carbocycles. The molecular weight excluding hydrogens is 377 g/mol. The van der Waals surface area contributed by atoms with Crippen LogP contribution in [0.3, 0.4) is 0 Å². The number of nitrogens with one attached hydrogen (secondary N) is 1. The molecule has 128 valence electrons. The maximum atomic E-state index is 12.2. The summed E-state index contributed by atoms with van der Waals surface area (Å²) in [6, 6.07) is 8.72. The van der Waals surface area contributed by atoms with E-state index >= 15 is 0 Å². The molecule has 25 heavy (non-hydrogen) atoms. The van der Waals surface area contributed by atoms with Gasteiger partial charge in [0, 0.05) is 41.4 Å². The third kappa shape index (κ3) is 4.37. The van der Waals surface area contributed by atoms with Crippen LogP contribution in [-0.2, 0) is 6.42 Å². The van der Waals surface area contributed by atoms with Crippen molar-refractivity contribution in [3.63, 3.8) is 0 Å². The van der Waals surface area contributed by atoms with Crippen LogP contribution in [0.5, 0.6) is 0 Å². The lowest BCUT2D eigenvalue weighted by Gasteiger charge is -2.05. The van der Waals surface area contributed by atoms with Crippen molar-refractivity contribution in [3.05, 3.63) is 68.9 Å². The lowest BCUT2D eigenvalue weighted by atomic mass is 10.2. The molecule has 0 aliphatic rings. The number of carbonyl (C=O) groups excluding carboxylic acids is 1. The van der Waals surface area contributed by atoms with Crippen LogP contribution in [0.2, 0.25) is 10.0 Å². The van der Waals surface area contributed by atoms with E-state index in [2.05, 4.69) is 15.3 Å². The molecule has 0 aliphatic carbocycles. The normalized spacial score (nSPS) is 10.7. The molecule has 2 aromatic heterocycles. The van der Waals surface area contributed by atoms with Crippen LogP contribution < -0.4 is 5.32 Å². The van der Waals surface area contributed by atoms with Gasteiger partial charge in [-0.25, -0.2) is 4.98 Å². The number of nitrogens with zero attached hydrogens (tertiary/aromatic N) is 2. The number of pyridine rings is 1. The van der Waals surface area contributed by atoms with Gasteiger partial charge in [-0.2, -0.15) is 0 Å². The molecule has 0 radical (unpaired) electrons. The summed E-state index contributed by atoms with van der Waals surface area (Å²) in [5.41, 5.74) is 2.53. The molecule has 0 saturated heterocycles. The van der Waals surface area contributed by atoms with Gasteiger partial charge in [-0.05, 0) is 37.3 Å². The number of hydrogen-bond donors (Lipinski definition) is 1. The van der Waals surface area contributed by atoms with Crippen molar-refractivity contribution in [3.8, 4) is 10.6 Å². The van der Waals surface area contributed by atoms with Crippen LogP contribution >= 0.6 is 34.5 Å². The van der Waals surface area contributed by atoms with Crippen LogP contribution in [0.25, 0.3) is 10.6 Å². The summed E-state index contributed by atoms with van der Waals surface area (Å²) in [7, 11) is 0. The monoisotopic (exact) mass is 391 g/mol. The zero-order valence-electron chi connectivity index (χ0n) is 13.4. The quantitative estimate of drug-likeness (QED) is 0.679. The van der Waals surface area contributed by atoms with Gasteiger partial charge in [0.05, 0.1) is 15.7 Å². The fourth-order valence-corrected chi connectivity index (χ4v) is 3.67. The number of rotatable bonds is 5. The summed E-state index contributed by atoms with van der Waals surface area (Å²) >= 11 is 13.4. The summed E-state index contributed by atoms with van der Waals surface area (Å²) in [6.45, 7) is 2.51. The Morgan fingerprint density at radius 2 is 1.92 bits per heavy atom. The van der Waals surface area contributed by atoms with Gasteiger partial charge >= 0.3 is 0 Å². The number of hydrogen-bond acceptors (Lipinski definition) is 4. The average molecular weight is 392 g/mol. The van der Waals surface area contributed by atoms with E-state index in [-0.39, 0.29) is 5.91 Å². The number of aromatic nitrogens is 2. The second kappa shape index (κ2) is 7.95. The first-order valence-electron chi connectivity index (χ1n) is 7.64. The van der Waals surface area contributed by atoms with Gasteiger partial charge in [0.15, 0.2) is 0 Å². The topological polar surface area (TPSA) is 54.9 Å². The molecule has 0 unspecified atom stereocenters. The minimum atomic E-state index is -0.171. The number of aryl methyl sites for hydroxylation is 1. The Hall–Kier alpha value is -1.95. The summed E-state index contributed by atoms with van der Waals surface area (Å²) in [5.74, 6) is -0.171. The molecule has 7 heteroatoms. The molecular formula is C18H15Cl2N3OS. The highest BCUT2D eigenvalue weighted by atomic mass is 35.5. The van der Waals surface area contributed by atoms with E-state index in [4.69, 9.17) is 23.2 Å². The Labute approximate surface area is 159 Å². The fraction of sp³-hybridized carbons (Fsp3) is 0.167. The van der Waals surface area contributed by atoms with E-state index in [9.17, 15) is 4.79 Å². The Morgan fingerprint density at radius 3 is 2.64 bits per heavy atom. The third-order valence-electron chi connectivity index (χ3n) is 3.64. The first-order chi connectivity index (χ1) is 12.0. The molecule has 4 nitrogen and oxygen atoms in total. The molecule has 1 N–H and O–H groups in total. The summed E-state index contributed by atoms with van der Waals surface area (Å²) in [6.07, 6.45) is 4.23. The molecule has 0 fully saturated rings. The van der Waals surface area contributed by atoms with Crippen LogP contribution in [0, 0.1) is 6.92 Å². The molecule has 2 heterocycles. The molecule has 1 aromatic carbocycles. The third-order valence-corrected chi connectivity index (χ3v) is 5.64. The molecule has 0 atom stereocenters. The lowest BCUT2D eigenvalue weighted by Crippen LogP contribution is -2.25. The maximum Gasteiger partial charge on any atom is 0.251 e. The van der Waals surface area contributed by atoms with E-state index in [1.807, 2.05) is 19.1 Å². The van der Waals surface area contributed by atoms with Crippen molar-refractivity contribution in [1.82, 2.24) is 15.3 Å². The molecule has 0 spiro atoms. The number of halogens is 2. The molecule has 1 amide bonds. The average Bonchev–Trinajstić information content (AvgIpc) is 2.99. The zero-order valence-corrected chi connectivity index (χ0v) is 15.8. The van der Waals surface area contributed by atoms with Gasteiger partial charge in [-0.3, -0.25) is 9.78 Å². The van der Waals surface area contributed by atoms with E-state index in [1.165, 1.54) is 0 Å². The van der Waals surface area contributed by atoms with Crippen molar-refractivity contribution in [1.29, 1.82) is 0 Å². The van der Waals surface area contributed by atoms with E-state index in [1.54, 1.807) is 41.9 Å². The van der Waals surface area contributed by atoms with E-state index in [0.29, 0.717) is 22.2 Å². The number of thiazole rings is 1. The van der Waals surface area contributed by atoms with Crippen LogP contribution in [0.1, 0.15) is 20.9 Å². The van der Waals surface area contributed by atoms with Gasteiger partial charge in [0.1, 0.15) is 5.01 Å². The maximum absolute atomic E-state index is 12.2. The van der Waals surface area contributed by atoms with E-state index in [0.717, 1.165) is 27.6 Å². The SMILES string of the molecule is Cc1nc(-c2ccncc2)sc1CCNC(=O)c1ccc(Cl)c(Cl)c1. The van der Waals surface area contributed by atoms with Crippen molar-refractivity contribution < 1.29 is 4.79 Å². The zero-order chi connectivity index (χ0) is 17.8. The highest BCUT2D eigenvalue weighted by molar-refractivity contribution is 7.15. The van der Waals surface area contributed by atoms with Gasteiger partial charge in [-0.1, -0.05) is 23.2 Å². The largest absolute Gasteiger partial charge is 0.352 e. The van der Waals surface area contributed by atoms with Crippen molar-refractivity contribution >= 4 is 40.4 Å². The number of carbonyl (C=O) groups is 1. The smallest absolute Gasteiger partial charge is 0.251 e. The standard InChI is InChI=1S/C18H15Cl2N3OS/c1-11-16(25-18(23-11)12-4-7-21-8-5-12)6-9-22-17(24)13-2-3-14(19)15(20)10-13/h2-5,7-8,10H,6,9H2,1H3,(H,22,24). The minimum absolute atomic E-state index is 0.171. The second-order valence-electron chi connectivity index (χ2n) is 5.40. The van der Waals surface area contributed by atoms with Gasteiger partial charge in [0.25, 0.3) is 5.91 Å². The summed E-state index contributed by atoms with van der Waals surface area (Å²) in [5, 5.41) is 4.66. The summed E-state index contributed by atoms with van der Waals surface area (Å²) < 4.78 is 0. The fourth-order valence-electron chi connectivity index (χ4n) is 2.31. The van der Waals surface area contributed by atoms with Crippen LogP contribution in [0.4, 0.5) is 0 Å². The highest BCUT2D eigenvalue weighted by Gasteiger charge is 2.11. The summed E-state index contributed by atoms with van der Waals surface area (Å²) in [4.78, 5) is 22.0. The molecule has 3 rings (SSSR count). The Kier molecular flexibility index (Phi) is 5.68. The first-order valence-corrected chi connectivity index (χ1v) is 9.22. The van der Waals surface area contributed by atoms with Gasteiger partial charge < -0.3 is 5.32 Å². The lowest BCUT2D eigenvalue weighted by molar-refractivity contribution is 0.0954. The van der Waals surface area contributed by atoms with Crippen molar-refractivity contribution in [2.45, 2.75) is 13.3 Å². The minimum Gasteiger partial charge on any atom is -0.352 e. The van der Waals surface area contributed by atoms with Gasteiger partial charge in [0.2, 0.25) is 0 Å². The first kappa shape index (κ1) is 17.9. The Bertz CT molecular complexity index is 897. The predicted octanol–water partition coefficient (Wildman–Crippen LogP) is 4.79.